The molecule has 4 rings (SSSR count). The highest BCUT2D eigenvalue weighted by atomic mass is 127. The highest BCUT2D eigenvalue weighted by Gasteiger charge is 2.22. The smallest absolute Gasteiger partial charge is 0.198 e. The minimum absolute atomic E-state index is 0. The van der Waals surface area contributed by atoms with Gasteiger partial charge >= 0.3 is 0 Å². The third-order valence-electron chi connectivity index (χ3n) is 5.53. The maximum Gasteiger partial charge on any atom is 0.198 e. The molecule has 6 nitrogen and oxygen atoms in total. The van der Waals surface area contributed by atoms with Crippen LogP contribution in [0.4, 0.5) is 11.5 Å². The Hall–Kier alpha value is -1.87. The van der Waals surface area contributed by atoms with Gasteiger partial charge in [-0.3, -0.25) is 0 Å². The molecule has 0 atom stereocenters. The predicted molar refractivity (Wildman–Crippen MR) is 132 cm³/mol. The lowest BCUT2D eigenvalue weighted by molar-refractivity contribution is 0.312. The van der Waals surface area contributed by atoms with Crippen LogP contribution < -0.4 is 15.1 Å². The number of piperazine rings is 1. The minimum atomic E-state index is 0. The van der Waals surface area contributed by atoms with Crippen molar-refractivity contribution in [2.75, 3.05) is 56.1 Å². The zero-order valence-electron chi connectivity index (χ0n) is 17.3. The topological polar surface area (TPSA) is 47.0 Å². The Bertz CT molecular complexity index is 832. The number of rotatable bonds is 4. The average molecular weight is 506 g/mol. The highest BCUT2D eigenvalue weighted by molar-refractivity contribution is 14.0. The van der Waals surface area contributed by atoms with Gasteiger partial charge in [0.15, 0.2) is 5.96 Å². The number of halogens is 1. The van der Waals surface area contributed by atoms with E-state index in [1.54, 1.807) is 0 Å². The summed E-state index contributed by atoms with van der Waals surface area (Å²) in [6.45, 7) is 8.85. The number of guanidine groups is 1. The van der Waals surface area contributed by atoms with Crippen molar-refractivity contribution in [2.24, 2.45) is 4.99 Å². The molecule has 0 aliphatic carbocycles. The molecule has 1 aromatic carbocycles. The molecule has 0 spiro atoms. The minimum Gasteiger partial charge on any atom is -0.356 e. The number of nitrogens with one attached hydrogen (secondary N) is 1. The van der Waals surface area contributed by atoms with Gasteiger partial charge in [-0.25, -0.2) is 9.98 Å². The van der Waals surface area contributed by atoms with Crippen LogP contribution in [0.5, 0.6) is 0 Å². The fourth-order valence-electron chi connectivity index (χ4n) is 3.89. The number of aliphatic imine (C=N–C) groups is 1. The molecule has 156 valence electrons. The van der Waals surface area contributed by atoms with E-state index in [1.807, 2.05) is 6.20 Å². The first-order valence-electron chi connectivity index (χ1n) is 10.3. The summed E-state index contributed by atoms with van der Waals surface area (Å²) in [5, 5.41) is 3.46. The molecular weight excluding hydrogens is 475 g/mol. The summed E-state index contributed by atoms with van der Waals surface area (Å²) in [6, 6.07) is 12.9. The molecule has 0 bridgehead atoms. The monoisotopic (exact) mass is 506 g/mol. The lowest BCUT2D eigenvalue weighted by atomic mass is 10.2. The van der Waals surface area contributed by atoms with Gasteiger partial charge in [-0.05, 0) is 49.7 Å². The molecule has 0 saturated carbocycles. The first-order valence-corrected chi connectivity index (χ1v) is 10.3. The van der Waals surface area contributed by atoms with Gasteiger partial charge in [-0.2, -0.15) is 0 Å². The van der Waals surface area contributed by atoms with Crippen LogP contribution in [0.1, 0.15) is 18.1 Å². The van der Waals surface area contributed by atoms with E-state index in [0.717, 1.165) is 57.5 Å². The Kier molecular flexibility index (Phi) is 7.71. The van der Waals surface area contributed by atoms with Crippen molar-refractivity contribution >= 4 is 41.4 Å². The average Bonchev–Trinajstić information content (AvgIpc) is 3.16. The Morgan fingerprint density at radius 1 is 1.10 bits per heavy atom. The van der Waals surface area contributed by atoms with E-state index < -0.39 is 0 Å². The first-order chi connectivity index (χ1) is 13.7. The molecule has 2 aromatic rings. The molecule has 1 N–H and O–H groups in total. The molecule has 7 heteroatoms. The normalized spacial score (nSPS) is 17.1. The largest absolute Gasteiger partial charge is 0.356 e. The maximum atomic E-state index is 4.94. The zero-order chi connectivity index (χ0) is 19.3. The summed E-state index contributed by atoms with van der Waals surface area (Å²) >= 11 is 0. The van der Waals surface area contributed by atoms with E-state index in [1.165, 1.54) is 16.8 Å². The van der Waals surface area contributed by atoms with Gasteiger partial charge in [0.25, 0.3) is 0 Å². The van der Waals surface area contributed by atoms with Crippen molar-refractivity contribution in [2.45, 2.75) is 19.9 Å². The third kappa shape index (κ3) is 5.19. The van der Waals surface area contributed by atoms with Gasteiger partial charge in [0.05, 0.1) is 6.54 Å². The van der Waals surface area contributed by atoms with Gasteiger partial charge in [0.1, 0.15) is 5.82 Å². The Morgan fingerprint density at radius 2 is 1.90 bits per heavy atom. The maximum absolute atomic E-state index is 4.94. The summed E-state index contributed by atoms with van der Waals surface area (Å²) in [7, 11) is 2.18. The summed E-state index contributed by atoms with van der Waals surface area (Å²) in [6.07, 6.45) is 2.99. The van der Waals surface area contributed by atoms with E-state index in [-0.39, 0.29) is 24.0 Å². The second kappa shape index (κ2) is 10.2. The van der Waals surface area contributed by atoms with E-state index in [0.29, 0.717) is 6.54 Å². The van der Waals surface area contributed by atoms with Gasteiger partial charge < -0.3 is 20.0 Å². The highest BCUT2D eigenvalue weighted by Crippen LogP contribution is 2.27. The van der Waals surface area contributed by atoms with Crippen LogP contribution in [0, 0.1) is 0 Å². The fraction of sp³-hybridized carbons (Fsp3) is 0.455. The molecule has 0 unspecified atom stereocenters. The molecule has 0 amide bonds. The lowest BCUT2D eigenvalue weighted by Gasteiger charge is -2.33. The van der Waals surface area contributed by atoms with Crippen molar-refractivity contribution in [1.82, 2.24) is 15.2 Å². The van der Waals surface area contributed by atoms with E-state index in [4.69, 9.17) is 4.99 Å². The summed E-state index contributed by atoms with van der Waals surface area (Å²) in [5.41, 5.74) is 3.87. The van der Waals surface area contributed by atoms with Crippen LogP contribution >= 0.6 is 24.0 Å². The third-order valence-corrected chi connectivity index (χ3v) is 5.53. The number of anilines is 2. The van der Waals surface area contributed by atoms with Crippen LogP contribution in [0.2, 0.25) is 0 Å². The van der Waals surface area contributed by atoms with Crippen molar-refractivity contribution in [3.05, 3.63) is 53.7 Å². The van der Waals surface area contributed by atoms with Crippen molar-refractivity contribution in [3.8, 4) is 0 Å². The van der Waals surface area contributed by atoms with Crippen molar-refractivity contribution in [1.29, 1.82) is 0 Å². The predicted octanol–water partition coefficient (Wildman–Crippen LogP) is 2.98. The summed E-state index contributed by atoms with van der Waals surface area (Å²) in [5.74, 6) is 2.03. The Balaban J connectivity index is 0.00000240. The standard InChI is InChI=1S/C22H30N6.HI/c1-3-23-22(28-11-9-19-6-4-5-7-20(19)28)25-17-18-8-10-24-21(16-18)27-14-12-26(2)13-15-27;/h4-8,10,16H,3,9,11-15,17H2,1-2H3,(H,23,25);1H. The van der Waals surface area contributed by atoms with E-state index in [2.05, 4.69) is 75.4 Å². The molecule has 29 heavy (non-hydrogen) atoms. The van der Waals surface area contributed by atoms with Crippen molar-refractivity contribution in [3.63, 3.8) is 0 Å². The second-order valence-corrected chi connectivity index (χ2v) is 7.51. The van der Waals surface area contributed by atoms with Crippen molar-refractivity contribution < 1.29 is 0 Å². The molecule has 1 aromatic heterocycles. The number of fused-ring (bicyclic) bond motifs is 1. The van der Waals surface area contributed by atoms with Crippen LogP contribution in [0.3, 0.4) is 0 Å². The zero-order valence-corrected chi connectivity index (χ0v) is 19.7. The molecule has 3 heterocycles. The summed E-state index contributed by atoms with van der Waals surface area (Å²) in [4.78, 5) is 16.6. The second-order valence-electron chi connectivity index (χ2n) is 7.51. The Morgan fingerprint density at radius 3 is 2.69 bits per heavy atom. The fourth-order valence-corrected chi connectivity index (χ4v) is 3.89. The molecule has 1 fully saturated rings. The number of likely N-dealkylation sites (N-methyl/N-ethyl adjacent to an activating group) is 1. The number of pyridine rings is 1. The first kappa shape index (κ1) is 21.8. The van der Waals surface area contributed by atoms with Crippen LogP contribution in [-0.4, -0.2) is 62.2 Å². The van der Waals surface area contributed by atoms with Gasteiger partial charge in [0, 0.05) is 51.2 Å². The number of nitrogens with zero attached hydrogens (tertiary/aromatic N) is 5. The Labute approximate surface area is 191 Å². The molecule has 2 aliphatic heterocycles. The molecule has 1 saturated heterocycles. The number of hydrogen-bond donors (Lipinski definition) is 1. The van der Waals surface area contributed by atoms with Crippen LogP contribution in [-0.2, 0) is 13.0 Å². The number of benzene rings is 1. The van der Waals surface area contributed by atoms with Gasteiger partial charge in [0.2, 0.25) is 0 Å². The molecule has 2 aliphatic rings. The van der Waals surface area contributed by atoms with Gasteiger partial charge in [-0.1, -0.05) is 18.2 Å². The van der Waals surface area contributed by atoms with Gasteiger partial charge in [-0.15, -0.1) is 24.0 Å². The van der Waals surface area contributed by atoms with Crippen LogP contribution in [0.15, 0.2) is 47.6 Å². The van der Waals surface area contributed by atoms with E-state index >= 15 is 0 Å². The number of hydrogen-bond acceptors (Lipinski definition) is 4. The quantitative estimate of drug-likeness (QED) is 0.393. The summed E-state index contributed by atoms with van der Waals surface area (Å²) < 4.78 is 0. The van der Waals surface area contributed by atoms with E-state index in [9.17, 15) is 0 Å². The van der Waals surface area contributed by atoms with Crippen LogP contribution in [0.25, 0.3) is 0 Å². The lowest BCUT2D eigenvalue weighted by Crippen LogP contribution is -2.44. The molecular formula is C22H31IN6. The number of para-hydroxylation sites is 1. The number of aromatic nitrogens is 1. The molecule has 0 radical (unpaired) electrons. The SMILES string of the molecule is CCNC(=NCc1ccnc(N2CCN(C)CC2)c1)N1CCc2ccccc21.I.